The van der Waals surface area contributed by atoms with Crippen molar-refractivity contribution in [2.24, 2.45) is 0 Å². The maximum absolute atomic E-state index is 12.8. The molecule has 1 aliphatic rings. The summed E-state index contributed by atoms with van der Waals surface area (Å²) >= 11 is 13.6. The molecule has 0 unspecified atom stereocenters. The summed E-state index contributed by atoms with van der Waals surface area (Å²) in [5.41, 5.74) is 8.01. The van der Waals surface area contributed by atoms with Gasteiger partial charge in [-0.3, -0.25) is 4.79 Å². The number of amides is 1. The number of halogens is 2. The van der Waals surface area contributed by atoms with Crippen LogP contribution in [0.15, 0.2) is 18.2 Å². The highest BCUT2D eigenvalue weighted by molar-refractivity contribution is 7.15. The van der Waals surface area contributed by atoms with Gasteiger partial charge in [0.1, 0.15) is 5.69 Å². The summed E-state index contributed by atoms with van der Waals surface area (Å²) in [6, 6.07) is 5.20. The highest BCUT2D eigenvalue weighted by atomic mass is 35.5. The minimum atomic E-state index is -0.0639. The minimum Gasteiger partial charge on any atom is -0.375 e. The molecule has 1 amide bonds. The fourth-order valence-electron chi connectivity index (χ4n) is 2.83. The second-order valence-corrected chi connectivity index (χ2v) is 7.39. The number of fused-ring (bicyclic) bond motifs is 2. The number of nitrogens with one attached hydrogen (secondary N) is 1. The number of aromatic amines is 1. The van der Waals surface area contributed by atoms with Gasteiger partial charge in [0.25, 0.3) is 5.91 Å². The van der Waals surface area contributed by atoms with Crippen LogP contribution in [0.3, 0.4) is 0 Å². The Morgan fingerprint density at radius 2 is 2.17 bits per heavy atom. The first kappa shape index (κ1) is 14.8. The van der Waals surface area contributed by atoms with E-state index in [0.29, 0.717) is 34.0 Å². The molecule has 3 N–H and O–H groups in total. The topological polar surface area (TPSA) is 75.0 Å². The van der Waals surface area contributed by atoms with Crippen molar-refractivity contribution >= 4 is 56.5 Å². The molecule has 0 bridgehead atoms. The van der Waals surface area contributed by atoms with Crippen molar-refractivity contribution < 1.29 is 4.79 Å². The molecule has 0 saturated heterocycles. The number of thiazole rings is 1. The first-order chi connectivity index (χ1) is 11.0. The third-order valence-corrected chi connectivity index (χ3v) is 5.36. The van der Waals surface area contributed by atoms with Gasteiger partial charge in [-0.1, -0.05) is 23.2 Å². The van der Waals surface area contributed by atoms with Crippen LogP contribution in [0.4, 0.5) is 5.13 Å². The Hall–Kier alpha value is -1.76. The number of rotatable bonds is 1. The molecule has 0 radical (unpaired) electrons. The molecule has 2 aromatic heterocycles. The van der Waals surface area contributed by atoms with Crippen LogP contribution in [0.25, 0.3) is 10.9 Å². The van der Waals surface area contributed by atoms with Crippen LogP contribution in [0, 0.1) is 0 Å². The molecule has 3 heterocycles. The number of nitrogens with zero attached hydrogens (tertiary/aromatic N) is 2. The van der Waals surface area contributed by atoms with E-state index in [9.17, 15) is 4.79 Å². The maximum Gasteiger partial charge on any atom is 0.270 e. The molecule has 0 saturated carbocycles. The normalized spacial score (nSPS) is 14.3. The average Bonchev–Trinajstić information content (AvgIpc) is 3.07. The quantitative estimate of drug-likeness (QED) is 0.689. The highest BCUT2D eigenvalue weighted by Crippen LogP contribution is 2.30. The molecule has 1 aliphatic heterocycles. The highest BCUT2D eigenvalue weighted by Gasteiger charge is 2.25. The van der Waals surface area contributed by atoms with E-state index in [1.54, 1.807) is 23.1 Å². The zero-order valence-electron chi connectivity index (χ0n) is 11.9. The summed E-state index contributed by atoms with van der Waals surface area (Å²) < 4.78 is 0. The van der Waals surface area contributed by atoms with E-state index in [-0.39, 0.29) is 5.91 Å². The molecule has 0 aliphatic carbocycles. The summed E-state index contributed by atoms with van der Waals surface area (Å²) in [6.45, 7) is 1.16. The minimum absolute atomic E-state index is 0.0639. The summed E-state index contributed by atoms with van der Waals surface area (Å²) in [4.78, 5) is 23.0. The molecular weight excluding hydrogens is 355 g/mol. The van der Waals surface area contributed by atoms with Gasteiger partial charge in [0.2, 0.25) is 0 Å². The van der Waals surface area contributed by atoms with Crippen molar-refractivity contribution in [2.45, 2.75) is 13.0 Å². The summed E-state index contributed by atoms with van der Waals surface area (Å²) in [7, 11) is 0. The molecular formula is C15H12Cl2N4OS. The van der Waals surface area contributed by atoms with E-state index in [1.807, 2.05) is 0 Å². The Morgan fingerprint density at radius 3 is 3.00 bits per heavy atom. The van der Waals surface area contributed by atoms with Gasteiger partial charge in [-0.05, 0) is 18.2 Å². The molecule has 23 heavy (non-hydrogen) atoms. The second kappa shape index (κ2) is 5.40. The third-order valence-electron chi connectivity index (χ3n) is 3.92. The lowest BCUT2D eigenvalue weighted by Crippen LogP contribution is -2.35. The van der Waals surface area contributed by atoms with Crippen LogP contribution < -0.4 is 5.73 Å². The number of benzene rings is 1. The number of H-pyrrole nitrogens is 1. The fraction of sp³-hybridized carbons (Fsp3) is 0.200. The summed E-state index contributed by atoms with van der Waals surface area (Å²) in [5.74, 6) is -0.0639. The lowest BCUT2D eigenvalue weighted by molar-refractivity contribution is 0.0731. The first-order valence-electron chi connectivity index (χ1n) is 7.02. The van der Waals surface area contributed by atoms with Crippen molar-refractivity contribution in [3.63, 3.8) is 0 Å². The predicted octanol–water partition coefficient (Wildman–Crippen LogP) is 3.71. The fourth-order valence-corrected chi connectivity index (χ4v) is 4.28. The van der Waals surface area contributed by atoms with Crippen LogP contribution in [0.5, 0.6) is 0 Å². The average molecular weight is 367 g/mol. The predicted molar refractivity (Wildman–Crippen MR) is 93.3 cm³/mol. The standard InChI is InChI=1S/C15H12Cl2N4OS/c16-7-3-9(17)8-5-12(19-11(8)4-7)14(22)21-2-1-10-13(6-21)23-15(18)20-10/h3-5,19H,1-2,6H2,(H2,18,20). The monoisotopic (exact) mass is 366 g/mol. The van der Waals surface area contributed by atoms with E-state index in [4.69, 9.17) is 28.9 Å². The molecule has 118 valence electrons. The van der Waals surface area contributed by atoms with Crippen molar-refractivity contribution in [2.75, 3.05) is 12.3 Å². The zero-order chi connectivity index (χ0) is 16.1. The molecule has 0 fully saturated rings. The number of carbonyl (C=O) groups is 1. The Balaban J connectivity index is 1.66. The lowest BCUT2D eigenvalue weighted by atomic mass is 10.1. The van der Waals surface area contributed by atoms with Gasteiger partial charge in [0, 0.05) is 33.8 Å². The van der Waals surface area contributed by atoms with Gasteiger partial charge in [-0.25, -0.2) is 4.98 Å². The molecule has 0 atom stereocenters. The number of nitrogens with two attached hydrogens (primary N) is 1. The Labute approximate surface area is 146 Å². The molecule has 4 rings (SSSR count). The van der Waals surface area contributed by atoms with Gasteiger partial charge < -0.3 is 15.6 Å². The van der Waals surface area contributed by atoms with Gasteiger partial charge in [-0.15, -0.1) is 11.3 Å². The van der Waals surface area contributed by atoms with Gasteiger partial charge in [-0.2, -0.15) is 0 Å². The van der Waals surface area contributed by atoms with E-state index in [0.717, 1.165) is 27.9 Å². The van der Waals surface area contributed by atoms with Crippen molar-refractivity contribution in [1.29, 1.82) is 0 Å². The molecule has 8 heteroatoms. The number of carbonyl (C=O) groups excluding carboxylic acids is 1. The maximum atomic E-state index is 12.8. The molecule has 0 spiro atoms. The van der Waals surface area contributed by atoms with Crippen LogP contribution in [-0.2, 0) is 13.0 Å². The van der Waals surface area contributed by atoms with Crippen LogP contribution in [0.2, 0.25) is 10.0 Å². The van der Waals surface area contributed by atoms with Crippen LogP contribution >= 0.6 is 34.5 Å². The number of anilines is 1. The molecule has 5 nitrogen and oxygen atoms in total. The largest absolute Gasteiger partial charge is 0.375 e. The number of nitrogen functional groups attached to an aromatic ring is 1. The lowest BCUT2D eigenvalue weighted by Gasteiger charge is -2.25. The summed E-state index contributed by atoms with van der Waals surface area (Å²) in [5, 5.41) is 2.40. The van der Waals surface area contributed by atoms with Crippen molar-refractivity contribution in [3.05, 3.63) is 44.5 Å². The Bertz CT molecular complexity index is 933. The van der Waals surface area contributed by atoms with E-state index in [1.165, 1.54) is 11.3 Å². The molecule has 1 aromatic carbocycles. The van der Waals surface area contributed by atoms with Gasteiger partial charge in [0.05, 0.1) is 17.3 Å². The van der Waals surface area contributed by atoms with Crippen LogP contribution in [-0.4, -0.2) is 27.3 Å². The van der Waals surface area contributed by atoms with Gasteiger partial charge in [0.15, 0.2) is 5.13 Å². The van der Waals surface area contributed by atoms with Crippen LogP contribution in [0.1, 0.15) is 21.1 Å². The van der Waals surface area contributed by atoms with Crippen molar-refractivity contribution in [3.8, 4) is 0 Å². The molecule has 3 aromatic rings. The number of aromatic nitrogens is 2. The Kier molecular flexibility index (Phi) is 3.48. The first-order valence-corrected chi connectivity index (χ1v) is 8.59. The third kappa shape index (κ3) is 2.56. The zero-order valence-corrected chi connectivity index (χ0v) is 14.2. The second-order valence-electron chi connectivity index (χ2n) is 5.43. The van der Waals surface area contributed by atoms with E-state index >= 15 is 0 Å². The van der Waals surface area contributed by atoms with Gasteiger partial charge >= 0.3 is 0 Å². The Morgan fingerprint density at radius 1 is 1.35 bits per heavy atom. The number of hydrogen-bond acceptors (Lipinski definition) is 4. The van der Waals surface area contributed by atoms with Crippen molar-refractivity contribution in [1.82, 2.24) is 14.9 Å². The van der Waals surface area contributed by atoms with E-state index < -0.39 is 0 Å². The summed E-state index contributed by atoms with van der Waals surface area (Å²) in [6.07, 6.45) is 0.724. The SMILES string of the molecule is Nc1nc2c(s1)CN(C(=O)c1cc3c(Cl)cc(Cl)cc3[nH]1)CC2. The smallest absolute Gasteiger partial charge is 0.270 e. The number of hydrogen-bond donors (Lipinski definition) is 2. The van der Waals surface area contributed by atoms with E-state index in [2.05, 4.69) is 9.97 Å².